The molecule has 2 fully saturated rings. The zero-order valence-electron chi connectivity index (χ0n) is 11.8. The molecule has 1 unspecified atom stereocenters. The standard InChI is InChI=1S/C15H18BrFN2O2/c1-19(15-10-7-18-8-11(10)15)14(20)4-5-21-13-3-2-9(16)6-12(13)17/h2-3,6,10-11,15,18H,4-5,7-8H2,1H3/t10-,11+,15?. The number of nitrogens with one attached hydrogen (secondary N) is 1. The molecule has 1 aromatic rings. The summed E-state index contributed by atoms with van der Waals surface area (Å²) in [5.41, 5.74) is 0. The Bertz CT molecular complexity index is 544. The van der Waals surface area contributed by atoms with Crippen LogP contribution in [0.15, 0.2) is 22.7 Å². The lowest BCUT2D eigenvalue weighted by atomic mass is 10.3. The molecule has 1 aliphatic carbocycles. The molecule has 0 bridgehead atoms. The number of hydrogen-bond acceptors (Lipinski definition) is 3. The number of hydrogen-bond donors (Lipinski definition) is 1. The van der Waals surface area contributed by atoms with Crippen LogP contribution in [0.2, 0.25) is 0 Å². The second-order valence-electron chi connectivity index (χ2n) is 5.65. The number of nitrogens with zero attached hydrogens (tertiary/aromatic N) is 1. The quantitative estimate of drug-likeness (QED) is 0.877. The molecule has 0 aromatic heterocycles. The highest BCUT2D eigenvalue weighted by Gasteiger charge is 2.55. The maximum Gasteiger partial charge on any atom is 0.226 e. The van der Waals surface area contributed by atoms with Crippen LogP contribution in [-0.2, 0) is 4.79 Å². The molecule has 0 spiro atoms. The van der Waals surface area contributed by atoms with E-state index in [2.05, 4.69) is 21.2 Å². The van der Waals surface area contributed by atoms with Gasteiger partial charge in [-0.3, -0.25) is 4.79 Å². The molecule has 3 atom stereocenters. The molecule has 1 amide bonds. The Morgan fingerprint density at radius 1 is 1.48 bits per heavy atom. The SMILES string of the molecule is CN(C(=O)CCOc1ccc(Br)cc1F)C1[C@H]2CNC[C@@H]12. The number of piperidine rings is 1. The second-order valence-corrected chi connectivity index (χ2v) is 6.57. The third-order valence-corrected chi connectivity index (χ3v) is 4.85. The monoisotopic (exact) mass is 356 g/mol. The average molecular weight is 357 g/mol. The molecule has 0 radical (unpaired) electrons. The summed E-state index contributed by atoms with van der Waals surface area (Å²) in [7, 11) is 1.85. The van der Waals surface area contributed by atoms with Crippen LogP contribution in [0.4, 0.5) is 4.39 Å². The van der Waals surface area contributed by atoms with Crippen molar-refractivity contribution in [2.45, 2.75) is 12.5 Å². The van der Waals surface area contributed by atoms with Crippen molar-refractivity contribution in [3.63, 3.8) is 0 Å². The molecule has 114 valence electrons. The first-order valence-corrected chi connectivity index (χ1v) is 7.91. The highest BCUT2D eigenvalue weighted by atomic mass is 79.9. The van der Waals surface area contributed by atoms with Gasteiger partial charge in [0.15, 0.2) is 11.6 Å². The lowest BCUT2D eigenvalue weighted by Gasteiger charge is -2.19. The fourth-order valence-electron chi connectivity index (χ4n) is 3.14. The lowest BCUT2D eigenvalue weighted by molar-refractivity contribution is -0.131. The maximum absolute atomic E-state index is 13.6. The number of fused-ring (bicyclic) bond motifs is 1. The Hall–Kier alpha value is -1.14. The first-order valence-electron chi connectivity index (χ1n) is 7.12. The second kappa shape index (κ2) is 5.93. The Labute approximate surface area is 131 Å². The third kappa shape index (κ3) is 3.06. The summed E-state index contributed by atoms with van der Waals surface area (Å²) in [6, 6.07) is 5.00. The van der Waals surface area contributed by atoms with Gasteiger partial charge in [0.2, 0.25) is 5.91 Å². The van der Waals surface area contributed by atoms with Gasteiger partial charge in [0.05, 0.1) is 13.0 Å². The molecule has 1 aromatic carbocycles. The number of benzene rings is 1. The summed E-state index contributed by atoms with van der Waals surface area (Å²) in [5, 5.41) is 3.31. The van der Waals surface area contributed by atoms with E-state index in [9.17, 15) is 9.18 Å². The summed E-state index contributed by atoms with van der Waals surface area (Å²) in [6.45, 7) is 2.21. The van der Waals surface area contributed by atoms with Crippen molar-refractivity contribution in [3.05, 3.63) is 28.5 Å². The van der Waals surface area contributed by atoms with E-state index in [0.29, 0.717) is 22.4 Å². The van der Waals surface area contributed by atoms with Crippen molar-refractivity contribution in [3.8, 4) is 5.75 Å². The van der Waals surface area contributed by atoms with Crippen molar-refractivity contribution >= 4 is 21.8 Å². The van der Waals surface area contributed by atoms with Gasteiger partial charge in [-0.25, -0.2) is 4.39 Å². The molecule has 1 N–H and O–H groups in total. The van der Waals surface area contributed by atoms with Crippen LogP contribution in [-0.4, -0.2) is 43.6 Å². The van der Waals surface area contributed by atoms with Gasteiger partial charge in [0.25, 0.3) is 0 Å². The summed E-state index contributed by atoms with van der Waals surface area (Å²) < 4.78 is 19.6. The number of ether oxygens (including phenoxy) is 1. The molecule has 3 rings (SSSR count). The Kier molecular flexibility index (Phi) is 4.17. The largest absolute Gasteiger partial charge is 0.490 e. The van der Waals surface area contributed by atoms with Crippen LogP contribution in [0, 0.1) is 17.7 Å². The highest BCUT2D eigenvalue weighted by Crippen LogP contribution is 2.45. The Morgan fingerprint density at radius 3 is 2.86 bits per heavy atom. The van der Waals surface area contributed by atoms with E-state index in [4.69, 9.17) is 4.74 Å². The normalized spacial score (nSPS) is 26.3. The van der Waals surface area contributed by atoms with Crippen LogP contribution in [0.25, 0.3) is 0 Å². The van der Waals surface area contributed by atoms with E-state index in [1.165, 1.54) is 6.07 Å². The Morgan fingerprint density at radius 2 is 2.19 bits per heavy atom. The number of halogens is 2. The van der Waals surface area contributed by atoms with Crippen LogP contribution >= 0.6 is 15.9 Å². The van der Waals surface area contributed by atoms with Crippen molar-refractivity contribution < 1.29 is 13.9 Å². The van der Waals surface area contributed by atoms with Crippen molar-refractivity contribution in [1.82, 2.24) is 10.2 Å². The van der Waals surface area contributed by atoms with Gasteiger partial charge in [0, 0.05) is 30.7 Å². The topological polar surface area (TPSA) is 41.6 Å². The molecule has 1 saturated carbocycles. The zero-order valence-corrected chi connectivity index (χ0v) is 13.4. The fraction of sp³-hybridized carbons (Fsp3) is 0.533. The molecule has 21 heavy (non-hydrogen) atoms. The minimum absolute atomic E-state index is 0.0620. The van der Waals surface area contributed by atoms with Gasteiger partial charge in [-0.1, -0.05) is 15.9 Å². The minimum atomic E-state index is -0.423. The van der Waals surface area contributed by atoms with Gasteiger partial charge >= 0.3 is 0 Å². The van der Waals surface area contributed by atoms with Gasteiger partial charge in [-0.15, -0.1) is 0 Å². The van der Waals surface area contributed by atoms with Crippen LogP contribution < -0.4 is 10.1 Å². The van der Waals surface area contributed by atoms with Crippen molar-refractivity contribution in [2.24, 2.45) is 11.8 Å². The molecule has 6 heteroatoms. The number of rotatable bonds is 5. The number of amides is 1. The first kappa shape index (κ1) is 14.8. The summed E-state index contributed by atoms with van der Waals surface area (Å²) in [6.07, 6.45) is 0.273. The molecule has 1 heterocycles. The van der Waals surface area contributed by atoms with E-state index in [0.717, 1.165) is 13.1 Å². The molecule has 1 aliphatic heterocycles. The highest BCUT2D eigenvalue weighted by molar-refractivity contribution is 9.10. The third-order valence-electron chi connectivity index (χ3n) is 4.35. The van der Waals surface area contributed by atoms with E-state index in [1.807, 2.05) is 11.9 Å². The Balaban J connectivity index is 1.45. The molecule has 4 nitrogen and oxygen atoms in total. The molecule has 1 saturated heterocycles. The zero-order chi connectivity index (χ0) is 15.0. The van der Waals surface area contributed by atoms with Crippen molar-refractivity contribution in [2.75, 3.05) is 26.7 Å². The molecular formula is C15H18BrFN2O2. The lowest BCUT2D eigenvalue weighted by Crippen LogP contribution is -2.35. The van der Waals surface area contributed by atoms with Crippen LogP contribution in [0.1, 0.15) is 6.42 Å². The van der Waals surface area contributed by atoms with Gasteiger partial charge in [0.1, 0.15) is 0 Å². The maximum atomic E-state index is 13.6. The minimum Gasteiger partial charge on any atom is -0.490 e. The summed E-state index contributed by atoms with van der Waals surface area (Å²) in [4.78, 5) is 13.9. The summed E-state index contributed by atoms with van der Waals surface area (Å²) in [5.74, 6) is 1.05. The predicted molar refractivity (Wildman–Crippen MR) is 80.6 cm³/mol. The number of carbonyl (C=O) groups is 1. The fourth-order valence-corrected chi connectivity index (χ4v) is 3.48. The van der Waals surface area contributed by atoms with Gasteiger partial charge in [-0.05, 0) is 30.0 Å². The average Bonchev–Trinajstić information content (AvgIpc) is 2.92. The van der Waals surface area contributed by atoms with E-state index < -0.39 is 5.82 Å². The van der Waals surface area contributed by atoms with Crippen molar-refractivity contribution in [1.29, 1.82) is 0 Å². The van der Waals surface area contributed by atoms with E-state index in [1.54, 1.807) is 12.1 Å². The predicted octanol–water partition coefficient (Wildman–Crippen LogP) is 2.03. The van der Waals surface area contributed by atoms with Crippen LogP contribution in [0.3, 0.4) is 0 Å². The first-order chi connectivity index (χ1) is 10.1. The van der Waals surface area contributed by atoms with Gasteiger partial charge in [-0.2, -0.15) is 0 Å². The van der Waals surface area contributed by atoms with Gasteiger partial charge < -0.3 is 15.0 Å². The van der Waals surface area contributed by atoms with E-state index in [-0.39, 0.29) is 24.7 Å². The molecule has 2 aliphatic rings. The number of carbonyl (C=O) groups excluding carboxylic acids is 1. The molecular weight excluding hydrogens is 339 g/mol. The van der Waals surface area contributed by atoms with Crippen LogP contribution in [0.5, 0.6) is 5.75 Å². The summed E-state index contributed by atoms with van der Waals surface area (Å²) >= 11 is 3.19. The van der Waals surface area contributed by atoms with E-state index >= 15 is 0 Å². The smallest absolute Gasteiger partial charge is 0.226 e.